The Hall–Kier alpha value is -1.32. The maximum Gasteiger partial charge on any atom is 0.277 e. The highest BCUT2D eigenvalue weighted by molar-refractivity contribution is 5.99. The number of carbonyl (C=O) groups excluding carboxylic acids is 2. The van der Waals surface area contributed by atoms with Gasteiger partial charge in [0.15, 0.2) is 11.6 Å². The second kappa shape index (κ2) is 5.09. The molecule has 24 heavy (non-hydrogen) atoms. The number of Topliss-reactive ketones (excluding diaryl/α,β-unsaturated/α-hetero) is 1. The van der Waals surface area contributed by atoms with Gasteiger partial charge in [-0.1, -0.05) is 19.4 Å². The molecule has 0 aromatic rings. The molecule has 0 aromatic heterocycles. The van der Waals surface area contributed by atoms with Gasteiger partial charge in [-0.2, -0.15) is 8.78 Å². The zero-order valence-corrected chi connectivity index (χ0v) is 14.3. The highest BCUT2D eigenvalue weighted by atomic mass is 19.3. The summed E-state index contributed by atoms with van der Waals surface area (Å²) in [5, 5.41) is 0. The van der Waals surface area contributed by atoms with Gasteiger partial charge in [0.2, 0.25) is 0 Å². The fourth-order valence-electron chi connectivity index (χ4n) is 6.51. The van der Waals surface area contributed by atoms with Crippen LogP contribution >= 0.6 is 0 Å². The van der Waals surface area contributed by atoms with Gasteiger partial charge in [-0.3, -0.25) is 9.59 Å². The van der Waals surface area contributed by atoms with Gasteiger partial charge in [0, 0.05) is 18.3 Å². The predicted octanol–water partition coefficient (Wildman–Crippen LogP) is 4.85. The van der Waals surface area contributed by atoms with E-state index in [9.17, 15) is 18.4 Å². The molecule has 0 heterocycles. The first kappa shape index (κ1) is 16.2. The Morgan fingerprint density at radius 1 is 1.04 bits per heavy atom. The maximum atomic E-state index is 13.4. The molecule has 5 atom stereocenters. The number of hydrogen-bond donors (Lipinski definition) is 0. The molecule has 4 aliphatic carbocycles. The van der Waals surface area contributed by atoms with Crippen LogP contribution < -0.4 is 0 Å². The Kier molecular flexibility index (Phi) is 3.43. The third-order valence-electron chi connectivity index (χ3n) is 7.80. The Morgan fingerprint density at radius 2 is 1.79 bits per heavy atom. The molecule has 4 heteroatoms. The smallest absolute Gasteiger partial charge is 0.277 e. The summed E-state index contributed by atoms with van der Waals surface area (Å²) in [6, 6.07) is 0. The van der Waals surface area contributed by atoms with E-state index in [0.29, 0.717) is 24.7 Å². The number of fused-ring (bicyclic) bond motifs is 5. The van der Waals surface area contributed by atoms with E-state index in [1.165, 1.54) is 5.57 Å². The van der Waals surface area contributed by atoms with E-state index in [1.807, 2.05) is 13.0 Å². The van der Waals surface area contributed by atoms with Gasteiger partial charge in [-0.25, -0.2) is 0 Å². The number of hydrogen-bond acceptors (Lipinski definition) is 2. The van der Waals surface area contributed by atoms with Crippen molar-refractivity contribution in [2.75, 3.05) is 0 Å². The molecule has 4 aliphatic rings. The van der Waals surface area contributed by atoms with Gasteiger partial charge in [-0.05, 0) is 61.3 Å². The van der Waals surface area contributed by atoms with Crippen LogP contribution in [0, 0.1) is 28.6 Å². The number of allylic oxidation sites excluding steroid dienone is 2. The molecule has 0 saturated heterocycles. The molecule has 0 spiro atoms. The molecule has 0 bridgehead atoms. The number of rotatable bonds is 0. The van der Waals surface area contributed by atoms with Crippen molar-refractivity contribution in [3.05, 3.63) is 23.3 Å². The second-order valence-electron chi connectivity index (χ2n) is 8.69. The fraction of sp³-hybridized carbons (Fsp3) is 0.700. The highest BCUT2D eigenvalue weighted by Crippen LogP contribution is 2.66. The summed E-state index contributed by atoms with van der Waals surface area (Å²) in [6.07, 6.45) is 5.16. The van der Waals surface area contributed by atoms with Crippen LogP contribution in [0.1, 0.15) is 58.8 Å². The molecule has 0 N–H and O–H groups in total. The summed E-state index contributed by atoms with van der Waals surface area (Å²) in [4.78, 5) is 24.1. The standard InChI is InChI=1S/C20H24F2O2/c1-19-7-5-12(23)9-11(19)3-4-13-14(19)6-8-20(2)15(13)10-16(24)17(20)18(21)22/h9,13-15H,3-8,10H2,1-2H3/t13-,14+,15+,19+,20+/m1/s1. The first-order chi connectivity index (χ1) is 11.3. The van der Waals surface area contributed by atoms with Crippen molar-refractivity contribution in [3.63, 3.8) is 0 Å². The van der Waals surface area contributed by atoms with Gasteiger partial charge in [0.1, 0.15) is 0 Å². The number of halogens is 2. The average Bonchev–Trinajstić information content (AvgIpc) is 2.78. The average molecular weight is 334 g/mol. The van der Waals surface area contributed by atoms with Crippen LogP contribution in [0.15, 0.2) is 23.3 Å². The topological polar surface area (TPSA) is 34.1 Å². The number of carbonyl (C=O) groups is 2. The molecule has 0 aromatic carbocycles. The first-order valence-electron chi connectivity index (χ1n) is 9.10. The van der Waals surface area contributed by atoms with Crippen molar-refractivity contribution in [2.24, 2.45) is 28.6 Å². The lowest BCUT2D eigenvalue weighted by atomic mass is 9.47. The monoisotopic (exact) mass is 334 g/mol. The van der Waals surface area contributed by atoms with E-state index < -0.39 is 11.5 Å². The Bertz CT molecular complexity index is 688. The molecule has 0 radical (unpaired) electrons. The third-order valence-corrected chi connectivity index (χ3v) is 7.80. The summed E-state index contributed by atoms with van der Waals surface area (Å²) in [6.45, 7) is 4.14. The summed E-state index contributed by atoms with van der Waals surface area (Å²) < 4.78 is 26.9. The van der Waals surface area contributed by atoms with Gasteiger partial charge in [0.25, 0.3) is 6.08 Å². The maximum absolute atomic E-state index is 13.4. The molecule has 2 nitrogen and oxygen atoms in total. The summed E-state index contributed by atoms with van der Waals surface area (Å²) >= 11 is 0. The molecule has 4 rings (SSSR count). The van der Waals surface area contributed by atoms with Crippen molar-refractivity contribution in [1.29, 1.82) is 0 Å². The lowest BCUT2D eigenvalue weighted by molar-refractivity contribution is -0.117. The minimum atomic E-state index is -1.77. The molecule has 0 unspecified atom stereocenters. The minimum absolute atomic E-state index is 0.0158. The largest absolute Gasteiger partial charge is 0.295 e. The van der Waals surface area contributed by atoms with Crippen molar-refractivity contribution in [1.82, 2.24) is 0 Å². The van der Waals surface area contributed by atoms with E-state index in [2.05, 4.69) is 6.92 Å². The van der Waals surface area contributed by atoms with Crippen molar-refractivity contribution in [3.8, 4) is 0 Å². The summed E-state index contributed by atoms with van der Waals surface area (Å²) in [5.41, 5.74) is 0.442. The van der Waals surface area contributed by atoms with Crippen LogP contribution in [-0.4, -0.2) is 11.6 Å². The van der Waals surface area contributed by atoms with Gasteiger partial charge in [-0.15, -0.1) is 0 Å². The van der Waals surface area contributed by atoms with Gasteiger partial charge >= 0.3 is 0 Å². The molecule has 3 saturated carbocycles. The molecular weight excluding hydrogens is 310 g/mol. The Balaban J connectivity index is 1.73. The Morgan fingerprint density at radius 3 is 2.50 bits per heavy atom. The minimum Gasteiger partial charge on any atom is -0.295 e. The van der Waals surface area contributed by atoms with E-state index in [-0.39, 0.29) is 34.9 Å². The molecular formula is C20H24F2O2. The van der Waals surface area contributed by atoms with Crippen molar-refractivity contribution >= 4 is 11.6 Å². The van der Waals surface area contributed by atoms with Crippen LogP contribution in [0.4, 0.5) is 8.78 Å². The molecule has 3 fully saturated rings. The van der Waals surface area contributed by atoms with Crippen LogP contribution in [0.25, 0.3) is 0 Å². The molecule has 0 amide bonds. The molecule has 0 aliphatic heterocycles. The summed E-state index contributed by atoms with van der Waals surface area (Å²) in [7, 11) is 0. The Labute approximate surface area is 141 Å². The highest BCUT2D eigenvalue weighted by Gasteiger charge is 2.60. The molecule has 130 valence electrons. The van der Waals surface area contributed by atoms with E-state index in [1.54, 1.807) is 0 Å². The zero-order valence-electron chi connectivity index (χ0n) is 14.3. The fourth-order valence-corrected chi connectivity index (χ4v) is 6.51. The first-order valence-corrected chi connectivity index (χ1v) is 9.10. The van der Waals surface area contributed by atoms with Crippen molar-refractivity contribution in [2.45, 2.75) is 58.8 Å². The van der Waals surface area contributed by atoms with Crippen molar-refractivity contribution < 1.29 is 18.4 Å². The number of ketones is 2. The van der Waals surface area contributed by atoms with E-state index >= 15 is 0 Å². The second-order valence-corrected chi connectivity index (χ2v) is 8.69. The third kappa shape index (κ3) is 1.98. The van der Waals surface area contributed by atoms with Crippen LogP contribution in [-0.2, 0) is 9.59 Å². The lowest BCUT2D eigenvalue weighted by Gasteiger charge is -2.57. The van der Waals surface area contributed by atoms with E-state index in [0.717, 1.165) is 25.7 Å². The van der Waals surface area contributed by atoms with Gasteiger partial charge in [0.05, 0.1) is 5.57 Å². The zero-order chi connectivity index (χ0) is 17.3. The SMILES string of the molecule is C[C@]12CCC(=O)C=C1CC[C@@H]1[C@@H]2CC[C@]2(C)C(=C(F)F)C(=O)C[C@@H]12. The van der Waals surface area contributed by atoms with Crippen LogP contribution in [0.3, 0.4) is 0 Å². The van der Waals surface area contributed by atoms with Crippen LogP contribution in [0.2, 0.25) is 0 Å². The normalized spacial score (nSPS) is 44.6. The predicted molar refractivity (Wildman–Crippen MR) is 86.3 cm³/mol. The summed E-state index contributed by atoms with van der Waals surface area (Å²) in [5.74, 6) is 0.658. The lowest BCUT2D eigenvalue weighted by Crippen LogP contribution is -2.49. The van der Waals surface area contributed by atoms with Gasteiger partial charge < -0.3 is 0 Å². The van der Waals surface area contributed by atoms with Crippen LogP contribution in [0.5, 0.6) is 0 Å². The van der Waals surface area contributed by atoms with E-state index in [4.69, 9.17) is 0 Å². The quantitative estimate of drug-likeness (QED) is 0.594.